The third-order valence-electron chi connectivity index (χ3n) is 6.97. The van der Waals surface area contributed by atoms with Crippen molar-refractivity contribution in [3.8, 4) is 0 Å². The van der Waals surface area contributed by atoms with Crippen LogP contribution in [-0.4, -0.2) is 34.0 Å². The van der Waals surface area contributed by atoms with E-state index in [9.17, 15) is 19.9 Å². The summed E-state index contributed by atoms with van der Waals surface area (Å²) in [5.74, 6) is 0.0899. The molecule has 1 aromatic heterocycles. The van der Waals surface area contributed by atoms with Crippen molar-refractivity contribution in [1.29, 1.82) is 0 Å². The molecule has 0 bridgehead atoms. The molecule has 1 saturated heterocycles. The molecule has 0 unspecified atom stereocenters. The molecule has 2 aromatic carbocycles. The largest absolute Gasteiger partial charge is 0.618 e. The van der Waals surface area contributed by atoms with Gasteiger partial charge in [-0.05, 0) is 42.2 Å². The summed E-state index contributed by atoms with van der Waals surface area (Å²) >= 11 is 1.44. The Labute approximate surface area is 249 Å². The molecule has 10 nitrogen and oxygen atoms in total. The van der Waals surface area contributed by atoms with Crippen LogP contribution in [0.2, 0.25) is 0 Å². The Balaban J connectivity index is 1.35. The number of pyridine rings is 1. The molecular formula is C31H37N3O7S. The molecule has 3 atom stereocenters. The lowest BCUT2D eigenvalue weighted by Gasteiger charge is -2.36. The van der Waals surface area contributed by atoms with Gasteiger partial charge in [0.2, 0.25) is 11.8 Å². The quantitative estimate of drug-likeness (QED) is 0.0513. The summed E-state index contributed by atoms with van der Waals surface area (Å²) < 4.78 is 13.6. The van der Waals surface area contributed by atoms with Crippen molar-refractivity contribution in [2.45, 2.75) is 75.1 Å². The molecule has 0 spiro atoms. The molecule has 3 aromatic rings. The van der Waals surface area contributed by atoms with E-state index in [-0.39, 0.29) is 31.1 Å². The SMILES string of the molecule is O=C(CCCCCCC(=O)Nc1ccc([C@H]2O[C@@H](CSc3cccc[n+]3[O-])C[C@@H](c3ccc(CO)cc3)O2)cc1)NO. The summed E-state index contributed by atoms with van der Waals surface area (Å²) in [5, 5.41) is 33.6. The van der Waals surface area contributed by atoms with Gasteiger partial charge in [0.1, 0.15) is 0 Å². The molecule has 4 rings (SSSR count). The maximum atomic E-state index is 12.4. The van der Waals surface area contributed by atoms with Gasteiger partial charge in [-0.1, -0.05) is 61.0 Å². The van der Waals surface area contributed by atoms with Gasteiger partial charge in [0.05, 0.1) is 18.8 Å². The maximum absolute atomic E-state index is 12.4. The lowest BCUT2D eigenvalue weighted by atomic mass is 10.0. The van der Waals surface area contributed by atoms with Gasteiger partial charge in [0.15, 0.2) is 12.5 Å². The van der Waals surface area contributed by atoms with Crippen molar-refractivity contribution in [2.24, 2.45) is 0 Å². The van der Waals surface area contributed by atoms with Gasteiger partial charge in [0.25, 0.3) is 5.03 Å². The van der Waals surface area contributed by atoms with Crippen LogP contribution in [0, 0.1) is 5.21 Å². The summed E-state index contributed by atoms with van der Waals surface area (Å²) in [6.45, 7) is -0.0303. The molecule has 2 amide bonds. The Morgan fingerprint density at radius 1 is 0.905 bits per heavy atom. The highest BCUT2D eigenvalue weighted by Gasteiger charge is 2.32. The number of aliphatic hydroxyl groups excluding tert-OH is 1. The first-order valence-corrected chi connectivity index (χ1v) is 15.1. The Bertz CT molecular complexity index is 1290. The van der Waals surface area contributed by atoms with E-state index in [0.29, 0.717) is 42.1 Å². The standard InChI is InChI=1S/C31H37N3O7S/c35-20-22-10-12-23(13-11-22)27-19-26(21-42-30-9-5-6-18-34(30)39)40-31(41-27)24-14-16-25(17-15-24)32-28(36)7-3-1-2-4-8-29(37)33-38/h5-6,9-18,26-27,31,35,38H,1-4,7-8,19-21H2,(H,32,36)(H,33,37)/t26-,27+,31+/m1/s1. The van der Waals surface area contributed by atoms with Crippen LogP contribution in [-0.2, 0) is 25.7 Å². The summed E-state index contributed by atoms with van der Waals surface area (Å²) in [4.78, 5) is 23.4. The van der Waals surface area contributed by atoms with Gasteiger partial charge in [-0.15, -0.1) is 0 Å². The Morgan fingerprint density at radius 2 is 1.60 bits per heavy atom. The van der Waals surface area contributed by atoms with E-state index in [1.165, 1.54) is 18.0 Å². The fraction of sp³-hybridized carbons (Fsp3) is 0.387. The number of aromatic nitrogens is 1. The van der Waals surface area contributed by atoms with Gasteiger partial charge < -0.3 is 25.1 Å². The first-order valence-electron chi connectivity index (χ1n) is 14.1. The van der Waals surface area contributed by atoms with Crippen LogP contribution >= 0.6 is 11.8 Å². The van der Waals surface area contributed by atoms with Gasteiger partial charge in [-0.25, -0.2) is 5.48 Å². The number of aliphatic hydroxyl groups is 1. The van der Waals surface area contributed by atoms with Crippen molar-refractivity contribution in [2.75, 3.05) is 11.1 Å². The van der Waals surface area contributed by atoms with Gasteiger partial charge >= 0.3 is 0 Å². The smallest absolute Gasteiger partial charge is 0.251 e. The van der Waals surface area contributed by atoms with Crippen molar-refractivity contribution in [3.05, 3.63) is 94.8 Å². The number of thioether (sulfide) groups is 1. The van der Waals surface area contributed by atoms with Crippen molar-refractivity contribution in [3.63, 3.8) is 0 Å². The number of hydrogen-bond donors (Lipinski definition) is 4. The number of carbonyl (C=O) groups is 2. The van der Waals surface area contributed by atoms with E-state index in [4.69, 9.17) is 14.7 Å². The van der Waals surface area contributed by atoms with E-state index in [0.717, 1.165) is 34.3 Å². The highest BCUT2D eigenvalue weighted by atomic mass is 32.2. The summed E-state index contributed by atoms with van der Waals surface area (Å²) in [5.41, 5.74) is 4.90. The number of benzene rings is 2. The fourth-order valence-electron chi connectivity index (χ4n) is 4.65. The summed E-state index contributed by atoms with van der Waals surface area (Å²) in [6, 6.07) is 20.4. The lowest BCUT2D eigenvalue weighted by Crippen LogP contribution is -2.32. The highest BCUT2D eigenvalue weighted by Crippen LogP contribution is 2.39. The summed E-state index contributed by atoms with van der Waals surface area (Å²) in [6.07, 6.45) is 4.68. The Hall–Kier alpha value is -3.48. The number of amides is 2. The molecule has 0 radical (unpaired) electrons. The average Bonchev–Trinajstić information content (AvgIpc) is 3.02. The van der Waals surface area contributed by atoms with Crippen LogP contribution in [0.5, 0.6) is 0 Å². The van der Waals surface area contributed by atoms with Crippen LogP contribution in [0.25, 0.3) is 0 Å². The van der Waals surface area contributed by atoms with Crippen molar-refractivity contribution < 1.29 is 34.1 Å². The zero-order valence-corrected chi connectivity index (χ0v) is 24.1. The molecule has 0 saturated carbocycles. The monoisotopic (exact) mass is 595 g/mol. The van der Waals surface area contributed by atoms with E-state index >= 15 is 0 Å². The maximum Gasteiger partial charge on any atom is 0.251 e. The van der Waals surface area contributed by atoms with Crippen LogP contribution in [0.15, 0.2) is 78.0 Å². The minimum absolute atomic E-state index is 0.0303. The molecule has 224 valence electrons. The number of rotatable bonds is 14. The number of unbranched alkanes of at least 4 members (excludes halogenated alkanes) is 3. The topological polar surface area (TPSA) is 144 Å². The van der Waals surface area contributed by atoms with Crippen LogP contribution in [0.4, 0.5) is 5.69 Å². The van der Waals surface area contributed by atoms with E-state index in [2.05, 4.69) is 5.32 Å². The Kier molecular flexibility index (Phi) is 12.2. The van der Waals surface area contributed by atoms with Gasteiger partial charge in [-0.3, -0.25) is 14.8 Å². The average molecular weight is 596 g/mol. The number of carbonyl (C=O) groups excluding carboxylic acids is 2. The van der Waals surface area contributed by atoms with E-state index in [1.807, 2.05) is 54.6 Å². The van der Waals surface area contributed by atoms with E-state index in [1.54, 1.807) is 17.6 Å². The van der Waals surface area contributed by atoms with Gasteiger partial charge in [0, 0.05) is 48.4 Å². The zero-order valence-electron chi connectivity index (χ0n) is 23.3. The summed E-state index contributed by atoms with van der Waals surface area (Å²) in [7, 11) is 0. The third-order valence-corrected chi connectivity index (χ3v) is 8.12. The normalized spacial score (nSPS) is 18.4. The molecule has 4 N–H and O–H groups in total. The fourth-order valence-corrected chi connectivity index (χ4v) is 5.59. The predicted molar refractivity (Wildman–Crippen MR) is 157 cm³/mol. The molecule has 2 heterocycles. The van der Waals surface area contributed by atoms with Crippen LogP contribution in [0.1, 0.15) is 74.0 Å². The zero-order chi connectivity index (χ0) is 29.7. The first kappa shape index (κ1) is 31.5. The van der Waals surface area contributed by atoms with Crippen LogP contribution in [0.3, 0.4) is 0 Å². The number of anilines is 1. The minimum atomic E-state index is -0.639. The number of hydroxylamine groups is 1. The molecule has 42 heavy (non-hydrogen) atoms. The number of ether oxygens (including phenoxy) is 2. The molecular weight excluding hydrogens is 558 g/mol. The number of nitrogens with one attached hydrogen (secondary N) is 2. The molecule has 1 aliphatic heterocycles. The molecule has 1 aliphatic rings. The highest BCUT2D eigenvalue weighted by molar-refractivity contribution is 7.99. The first-order chi connectivity index (χ1) is 20.4. The molecule has 11 heteroatoms. The number of hydrogen-bond acceptors (Lipinski definition) is 8. The second kappa shape index (κ2) is 16.2. The minimum Gasteiger partial charge on any atom is -0.618 e. The number of nitrogens with zero attached hydrogens (tertiary/aromatic N) is 1. The predicted octanol–water partition coefficient (Wildman–Crippen LogP) is 4.93. The molecule has 1 fully saturated rings. The second-order valence-electron chi connectivity index (χ2n) is 10.1. The lowest BCUT2D eigenvalue weighted by molar-refractivity contribution is -0.645. The Morgan fingerprint density at radius 3 is 2.26 bits per heavy atom. The van der Waals surface area contributed by atoms with E-state index < -0.39 is 12.2 Å². The van der Waals surface area contributed by atoms with Crippen molar-refractivity contribution in [1.82, 2.24) is 5.48 Å². The molecule has 0 aliphatic carbocycles. The van der Waals surface area contributed by atoms with Crippen LogP contribution < -0.4 is 15.5 Å². The second-order valence-corrected chi connectivity index (χ2v) is 11.2. The van der Waals surface area contributed by atoms with Crippen molar-refractivity contribution >= 4 is 29.3 Å². The van der Waals surface area contributed by atoms with Gasteiger partial charge in [-0.2, -0.15) is 4.73 Å². The third kappa shape index (κ3) is 9.53.